The summed E-state index contributed by atoms with van der Waals surface area (Å²) in [5.74, 6) is 0.0525. The van der Waals surface area contributed by atoms with E-state index in [2.05, 4.69) is 10.2 Å². The number of amides is 4. The molecule has 0 bridgehead atoms. The second kappa shape index (κ2) is 17.0. The van der Waals surface area contributed by atoms with Crippen molar-refractivity contribution in [2.45, 2.75) is 70.6 Å². The van der Waals surface area contributed by atoms with Gasteiger partial charge in [0.25, 0.3) is 5.91 Å². The Bertz CT molecular complexity index is 1620. The first-order valence-corrected chi connectivity index (χ1v) is 18.9. The molecule has 1 atom stereocenters. The lowest BCUT2D eigenvalue weighted by Crippen LogP contribution is -2.56. The Kier molecular flexibility index (Phi) is 12.8. The van der Waals surface area contributed by atoms with E-state index in [1.54, 1.807) is 4.90 Å². The third-order valence-corrected chi connectivity index (χ3v) is 10.1. The molecule has 4 N–H and O–H groups in total. The predicted octanol–water partition coefficient (Wildman–Crippen LogP) is 3.28. The third-order valence-electron chi connectivity index (χ3n) is 10.1. The van der Waals surface area contributed by atoms with E-state index in [0.717, 1.165) is 73.5 Å². The Morgan fingerprint density at radius 3 is 2.14 bits per heavy atom. The molecule has 2 aromatic rings. The Morgan fingerprint density at radius 2 is 1.51 bits per heavy atom. The number of benzene rings is 2. The van der Waals surface area contributed by atoms with Crippen LogP contribution in [-0.2, 0) is 37.5 Å². The summed E-state index contributed by atoms with van der Waals surface area (Å²) < 4.78 is 43.1. The number of hydrogen-bond donors (Lipinski definition) is 4. The van der Waals surface area contributed by atoms with Crippen molar-refractivity contribution in [1.29, 1.82) is 0 Å². The number of para-hydroxylation sites is 1. The molecule has 0 aromatic heterocycles. The number of urea groups is 1. The fourth-order valence-corrected chi connectivity index (χ4v) is 7.41. The van der Waals surface area contributed by atoms with E-state index in [1.807, 2.05) is 60.0 Å². The zero-order valence-corrected chi connectivity index (χ0v) is 30.0. The minimum atomic E-state index is -4.67. The number of rotatable bonds is 6. The molecule has 16 heteroatoms. The molecular formula is C35H49N5O10S. The van der Waals surface area contributed by atoms with Crippen molar-refractivity contribution in [3.63, 3.8) is 0 Å². The van der Waals surface area contributed by atoms with E-state index >= 15 is 0 Å². The first kappa shape index (κ1) is 38.3. The van der Waals surface area contributed by atoms with Crippen molar-refractivity contribution in [3.05, 3.63) is 58.7 Å². The highest BCUT2D eigenvalue weighted by Crippen LogP contribution is 2.27. The number of carbonyl (C=O) groups is 3. The Hall–Kier alpha value is -3.96. The molecule has 15 nitrogen and oxygen atoms in total. The molecule has 0 spiro atoms. The van der Waals surface area contributed by atoms with Gasteiger partial charge in [0.05, 0.1) is 0 Å². The molecular weight excluding hydrogens is 682 g/mol. The fourth-order valence-electron chi connectivity index (χ4n) is 7.41. The molecule has 2 aromatic carbocycles. The summed E-state index contributed by atoms with van der Waals surface area (Å²) in [6.45, 7) is 9.50. The summed E-state index contributed by atoms with van der Waals surface area (Å²) in [4.78, 5) is 48.4. The Morgan fingerprint density at radius 1 is 0.902 bits per heavy atom. The number of piperazine rings is 1. The average Bonchev–Trinajstić information content (AvgIpc) is 3.27. The van der Waals surface area contributed by atoms with Crippen molar-refractivity contribution in [2.24, 2.45) is 0 Å². The monoisotopic (exact) mass is 731 g/mol. The zero-order chi connectivity index (χ0) is 36.7. The van der Waals surface area contributed by atoms with Gasteiger partial charge in [0, 0.05) is 83.2 Å². The van der Waals surface area contributed by atoms with E-state index in [0.29, 0.717) is 51.6 Å². The number of phenols is 1. The van der Waals surface area contributed by atoms with Gasteiger partial charge in [-0.15, -0.1) is 0 Å². The van der Waals surface area contributed by atoms with Crippen LogP contribution >= 0.6 is 0 Å². The van der Waals surface area contributed by atoms with Gasteiger partial charge in [-0.2, -0.15) is 8.42 Å². The highest BCUT2D eigenvalue weighted by atomic mass is 32.3. The van der Waals surface area contributed by atoms with Gasteiger partial charge < -0.3 is 34.6 Å². The number of carbonyl (C=O) groups excluding carboxylic acids is 3. The van der Waals surface area contributed by atoms with Crippen LogP contribution in [0.2, 0.25) is 0 Å². The van der Waals surface area contributed by atoms with Crippen molar-refractivity contribution >= 4 is 34.1 Å². The van der Waals surface area contributed by atoms with Crippen LogP contribution in [0.3, 0.4) is 0 Å². The van der Waals surface area contributed by atoms with Gasteiger partial charge in [0.2, 0.25) is 0 Å². The van der Waals surface area contributed by atoms with Gasteiger partial charge in [-0.3, -0.25) is 18.8 Å². The minimum Gasteiger partial charge on any atom is -0.507 e. The van der Waals surface area contributed by atoms with Crippen LogP contribution in [0, 0.1) is 13.8 Å². The van der Waals surface area contributed by atoms with Gasteiger partial charge in [0.15, 0.2) is 6.10 Å². The number of piperidine rings is 1. The first-order valence-electron chi connectivity index (χ1n) is 17.5. The lowest BCUT2D eigenvalue weighted by Gasteiger charge is -2.41. The topological polar surface area (TPSA) is 189 Å². The average molecular weight is 732 g/mol. The molecule has 0 radical (unpaired) electrons. The Balaban J connectivity index is 0.000000943. The molecule has 0 saturated carbocycles. The SMILES string of the molecule is Cc1cc(CC(OC(=O)N2CCC(N3CCc4ccccc4NC3=O)CC2)C(=O)N2CCN(C3CCOCC3)CC2)cc(C)c1O.O=S(=O)(O)O. The van der Waals surface area contributed by atoms with E-state index in [1.165, 1.54) is 0 Å². The third kappa shape index (κ3) is 10.5. The zero-order valence-electron chi connectivity index (χ0n) is 29.2. The number of nitrogens with one attached hydrogen (secondary N) is 1. The molecule has 4 aliphatic rings. The van der Waals surface area contributed by atoms with E-state index in [-0.39, 0.29) is 30.2 Å². The smallest absolute Gasteiger partial charge is 0.410 e. The van der Waals surface area contributed by atoms with Crippen LogP contribution in [0.5, 0.6) is 5.75 Å². The summed E-state index contributed by atoms with van der Waals surface area (Å²) in [5.41, 5.74) is 4.27. The second-order valence-electron chi connectivity index (χ2n) is 13.6. The molecule has 0 aliphatic carbocycles. The molecule has 4 amide bonds. The van der Waals surface area contributed by atoms with Crippen molar-refractivity contribution in [1.82, 2.24) is 19.6 Å². The van der Waals surface area contributed by atoms with Gasteiger partial charge >= 0.3 is 22.5 Å². The number of aromatic hydroxyl groups is 1. The van der Waals surface area contributed by atoms with E-state index in [4.69, 9.17) is 27.0 Å². The molecule has 4 aliphatic heterocycles. The largest absolute Gasteiger partial charge is 0.507 e. The highest BCUT2D eigenvalue weighted by Gasteiger charge is 2.36. The van der Waals surface area contributed by atoms with Crippen LogP contribution in [0.25, 0.3) is 0 Å². The van der Waals surface area contributed by atoms with E-state index in [9.17, 15) is 19.5 Å². The van der Waals surface area contributed by atoms with Crippen LogP contribution in [-0.4, -0.2) is 137 Å². The number of aryl methyl sites for hydroxylation is 2. The lowest BCUT2D eigenvalue weighted by atomic mass is 10.00. The van der Waals surface area contributed by atoms with Crippen LogP contribution in [0.15, 0.2) is 36.4 Å². The maximum absolute atomic E-state index is 14.0. The molecule has 4 heterocycles. The number of anilines is 1. The maximum Gasteiger partial charge on any atom is 0.410 e. The quantitative estimate of drug-likeness (QED) is 0.319. The van der Waals surface area contributed by atoms with Gasteiger partial charge in [0.1, 0.15) is 5.75 Å². The lowest BCUT2D eigenvalue weighted by molar-refractivity contribution is -0.143. The molecule has 51 heavy (non-hydrogen) atoms. The van der Waals surface area contributed by atoms with Crippen molar-refractivity contribution in [3.8, 4) is 5.75 Å². The number of ether oxygens (including phenoxy) is 2. The standard InChI is InChI=1S/C35H47N5O6.H2O4S/c1-24-21-26(22-25(2)32(24)41)23-31(33(42)38-17-15-37(16-18-38)28-10-19-45-20-11-28)46-35(44)39-12-8-29(9-13-39)40-14-7-27-5-3-4-6-30(27)36-34(40)43;1-5(2,3)4/h3-6,21-22,28-29,31,41H,7-20,23H2,1-2H3,(H,36,43);(H2,1,2,3,4). The van der Waals surface area contributed by atoms with Gasteiger partial charge in [-0.1, -0.05) is 30.3 Å². The number of likely N-dealkylation sites (tertiary alicyclic amines) is 1. The summed E-state index contributed by atoms with van der Waals surface area (Å²) in [6.07, 6.45) is 2.85. The summed E-state index contributed by atoms with van der Waals surface area (Å²) in [7, 11) is -4.67. The molecule has 1 unspecified atom stereocenters. The number of fused-ring (bicyclic) bond motifs is 1. The van der Waals surface area contributed by atoms with Gasteiger partial charge in [-0.05, 0) is 74.3 Å². The molecule has 6 rings (SSSR count). The Labute approximate surface area is 299 Å². The van der Waals surface area contributed by atoms with Crippen LogP contribution in [0.1, 0.15) is 47.9 Å². The summed E-state index contributed by atoms with van der Waals surface area (Å²) in [6, 6.07) is 12.0. The van der Waals surface area contributed by atoms with E-state index < -0.39 is 22.6 Å². The van der Waals surface area contributed by atoms with Crippen LogP contribution in [0.4, 0.5) is 15.3 Å². The predicted molar refractivity (Wildman–Crippen MR) is 188 cm³/mol. The van der Waals surface area contributed by atoms with Crippen LogP contribution < -0.4 is 5.32 Å². The summed E-state index contributed by atoms with van der Waals surface area (Å²) >= 11 is 0. The van der Waals surface area contributed by atoms with Crippen molar-refractivity contribution < 1.29 is 46.5 Å². The fraction of sp³-hybridized carbons (Fsp3) is 0.571. The normalized spacial score (nSPS) is 20.0. The van der Waals surface area contributed by atoms with Crippen molar-refractivity contribution in [2.75, 3.05) is 64.3 Å². The number of hydrogen-bond acceptors (Lipinski definition) is 9. The molecule has 3 saturated heterocycles. The maximum atomic E-state index is 14.0. The first-order chi connectivity index (χ1) is 24.3. The molecule has 280 valence electrons. The number of phenolic OH excluding ortho intramolecular Hbond substituents is 1. The number of nitrogens with zero attached hydrogens (tertiary/aromatic N) is 4. The molecule has 3 fully saturated rings. The minimum absolute atomic E-state index is 0.0192. The highest BCUT2D eigenvalue weighted by molar-refractivity contribution is 7.79. The second-order valence-corrected chi connectivity index (χ2v) is 14.5. The summed E-state index contributed by atoms with van der Waals surface area (Å²) in [5, 5.41) is 13.4. The van der Waals surface area contributed by atoms with Gasteiger partial charge in [-0.25, -0.2) is 9.59 Å².